The fourth-order valence-corrected chi connectivity index (χ4v) is 2.56. The number of rotatable bonds is 5. The van der Waals surface area contributed by atoms with Crippen molar-refractivity contribution in [2.75, 3.05) is 6.54 Å². The lowest BCUT2D eigenvalue weighted by Gasteiger charge is -2.05. The van der Waals surface area contributed by atoms with Crippen molar-refractivity contribution >= 4 is 22.9 Å². The number of hydrogen-bond acceptors (Lipinski definition) is 2. The fraction of sp³-hybridized carbons (Fsp3) is 0.231. The van der Waals surface area contributed by atoms with Crippen LogP contribution in [-0.4, -0.2) is 6.54 Å². The minimum Gasteiger partial charge on any atom is -0.312 e. The standard InChI is InChI=1S/C13H13ClFNS/c14-12-5-11(6-13(15)7-12)8-16-3-1-10-2-4-17-9-10/h2,4-7,9,16H,1,3,8H2. The smallest absolute Gasteiger partial charge is 0.125 e. The van der Waals surface area contributed by atoms with Crippen LogP contribution in [0.3, 0.4) is 0 Å². The molecule has 90 valence electrons. The molecule has 1 N–H and O–H groups in total. The molecule has 0 aliphatic rings. The molecule has 0 amide bonds. The van der Waals surface area contributed by atoms with Crippen LogP contribution < -0.4 is 5.32 Å². The van der Waals surface area contributed by atoms with Gasteiger partial charge in [0.05, 0.1) is 0 Å². The molecular formula is C13H13ClFNS. The first-order valence-corrected chi connectivity index (χ1v) is 6.73. The molecule has 4 heteroatoms. The molecule has 0 fully saturated rings. The lowest BCUT2D eigenvalue weighted by molar-refractivity contribution is 0.620. The van der Waals surface area contributed by atoms with Crippen LogP contribution >= 0.6 is 22.9 Å². The van der Waals surface area contributed by atoms with Crippen molar-refractivity contribution in [2.45, 2.75) is 13.0 Å². The molecule has 0 aliphatic heterocycles. The van der Waals surface area contributed by atoms with Crippen LogP contribution in [0, 0.1) is 5.82 Å². The molecule has 0 bridgehead atoms. The first kappa shape index (κ1) is 12.6. The molecule has 0 spiro atoms. The van der Waals surface area contributed by atoms with E-state index >= 15 is 0 Å². The molecular weight excluding hydrogens is 257 g/mol. The predicted molar refractivity (Wildman–Crippen MR) is 71.1 cm³/mol. The highest BCUT2D eigenvalue weighted by molar-refractivity contribution is 7.07. The van der Waals surface area contributed by atoms with E-state index < -0.39 is 0 Å². The van der Waals surface area contributed by atoms with Crippen molar-refractivity contribution in [1.82, 2.24) is 5.32 Å². The molecule has 0 atom stereocenters. The third kappa shape index (κ3) is 4.11. The average Bonchev–Trinajstić information content (AvgIpc) is 2.76. The monoisotopic (exact) mass is 269 g/mol. The number of hydrogen-bond donors (Lipinski definition) is 1. The van der Waals surface area contributed by atoms with Crippen molar-refractivity contribution < 1.29 is 4.39 Å². The Morgan fingerprint density at radius 1 is 1.24 bits per heavy atom. The van der Waals surface area contributed by atoms with E-state index in [0.717, 1.165) is 18.5 Å². The van der Waals surface area contributed by atoms with Gasteiger partial charge in [0.1, 0.15) is 5.82 Å². The van der Waals surface area contributed by atoms with E-state index in [0.29, 0.717) is 11.6 Å². The van der Waals surface area contributed by atoms with Crippen molar-refractivity contribution in [3.8, 4) is 0 Å². The summed E-state index contributed by atoms with van der Waals surface area (Å²) >= 11 is 7.48. The molecule has 1 aromatic heterocycles. The molecule has 0 saturated carbocycles. The quantitative estimate of drug-likeness (QED) is 0.813. The highest BCUT2D eigenvalue weighted by atomic mass is 35.5. The zero-order valence-electron chi connectivity index (χ0n) is 9.25. The first-order chi connectivity index (χ1) is 8.24. The van der Waals surface area contributed by atoms with Crippen LogP contribution in [0.4, 0.5) is 4.39 Å². The van der Waals surface area contributed by atoms with Gasteiger partial charge in [0, 0.05) is 11.6 Å². The Hall–Kier alpha value is -0.900. The number of halogens is 2. The van der Waals surface area contributed by atoms with E-state index in [9.17, 15) is 4.39 Å². The molecule has 1 nitrogen and oxygen atoms in total. The Balaban J connectivity index is 1.78. The van der Waals surface area contributed by atoms with Crippen molar-refractivity contribution in [3.63, 3.8) is 0 Å². The van der Waals surface area contributed by atoms with E-state index in [-0.39, 0.29) is 5.82 Å². The van der Waals surface area contributed by atoms with Gasteiger partial charge in [-0.2, -0.15) is 11.3 Å². The summed E-state index contributed by atoms with van der Waals surface area (Å²) in [7, 11) is 0. The van der Waals surface area contributed by atoms with Crippen LogP contribution in [0.15, 0.2) is 35.0 Å². The van der Waals surface area contributed by atoms with E-state index in [2.05, 4.69) is 22.1 Å². The predicted octanol–water partition coefficient (Wildman–Crippen LogP) is 3.87. The molecule has 0 unspecified atom stereocenters. The van der Waals surface area contributed by atoms with Crippen molar-refractivity contribution in [2.24, 2.45) is 0 Å². The van der Waals surface area contributed by atoms with Gasteiger partial charge < -0.3 is 5.32 Å². The minimum atomic E-state index is -0.285. The second-order valence-electron chi connectivity index (χ2n) is 3.84. The third-order valence-corrected chi connectivity index (χ3v) is 3.37. The normalized spacial score (nSPS) is 10.7. The van der Waals surface area contributed by atoms with Crippen LogP contribution in [0.2, 0.25) is 5.02 Å². The van der Waals surface area contributed by atoms with Gasteiger partial charge in [-0.1, -0.05) is 11.6 Å². The minimum absolute atomic E-state index is 0.285. The number of thiophene rings is 1. The zero-order valence-corrected chi connectivity index (χ0v) is 10.8. The van der Waals surface area contributed by atoms with Crippen LogP contribution in [0.1, 0.15) is 11.1 Å². The van der Waals surface area contributed by atoms with Gasteiger partial charge in [-0.25, -0.2) is 4.39 Å². The maximum absolute atomic E-state index is 13.0. The summed E-state index contributed by atoms with van der Waals surface area (Å²) in [5, 5.41) is 7.93. The second-order valence-corrected chi connectivity index (χ2v) is 5.05. The van der Waals surface area contributed by atoms with E-state index in [1.807, 2.05) is 0 Å². The topological polar surface area (TPSA) is 12.0 Å². The molecule has 0 aliphatic carbocycles. The Morgan fingerprint density at radius 3 is 2.82 bits per heavy atom. The highest BCUT2D eigenvalue weighted by Crippen LogP contribution is 2.14. The molecule has 1 aromatic carbocycles. The maximum atomic E-state index is 13.0. The summed E-state index contributed by atoms with van der Waals surface area (Å²) in [6.07, 6.45) is 0.993. The van der Waals surface area contributed by atoms with Gasteiger partial charge in [-0.05, 0) is 59.1 Å². The Labute approximate surface area is 109 Å². The number of nitrogens with one attached hydrogen (secondary N) is 1. The fourth-order valence-electron chi connectivity index (χ4n) is 1.61. The summed E-state index contributed by atoms with van der Waals surface area (Å²) in [5.41, 5.74) is 2.21. The zero-order chi connectivity index (χ0) is 12.1. The van der Waals surface area contributed by atoms with Crippen molar-refractivity contribution in [1.29, 1.82) is 0 Å². The van der Waals surface area contributed by atoms with Gasteiger partial charge >= 0.3 is 0 Å². The van der Waals surface area contributed by atoms with Gasteiger partial charge in [0.2, 0.25) is 0 Å². The Morgan fingerprint density at radius 2 is 2.12 bits per heavy atom. The maximum Gasteiger partial charge on any atom is 0.125 e. The van der Waals surface area contributed by atoms with E-state index in [1.54, 1.807) is 17.4 Å². The van der Waals surface area contributed by atoms with E-state index in [1.165, 1.54) is 17.7 Å². The average molecular weight is 270 g/mol. The summed E-state index contributed by atoms with van der Waals surface area (Å²) in [4.78, 5) is 0. The summed E-state index contributed by atoms with van der Waals surface area (Å²) in [5.74, 6) is -0.285. The Kier molecular flexibility index (Phi) is 4.54. The van der Waals surface area contributed by atoms with Crippen LogP contribution in [-0.2, 0) is 13.0 Å². The van der Waals surface area contributed by atoms with Gasteiger partial charge in [0.15, 0.2) is 0 Å². The lowest BCUT2D eigenvalue weighted by atomic mass is 10.2. The summed E-state index contributed by atoms with van der Waals surface area (Å²) in [6, 6.07) is 6.72. The van der Waals surface area contributed by atoms with Crippen molar-refractivity contribution in [3.05, 3.63) is 57.0 Å². The Bertz CT molecular complexity index is 450. The SMILES string of the molecule is Fc1cc(Cl)cc(CNCCc2ccsc2)c1. The first-order valence-electron chi connectivity index (χ1n) is 5.41. The summed E-state index contributed by atoms with van der Waals surface area (Å²) < 4.78 is 13.0. The molecule has 0 saturated heterocycles. The van der Waals surface area contributed by atoms with Gasteiger partial charge in [-0.3, -0.25) is 0 Å². The largest absolute Gasteiger partial charge is 0.312 e. The van der Waals surface area contributed by atoms with E-state index in [4.69, 9.17) is 11.6 Å². The molecule has 2 rings (SSSR count). The van der Waals surface area contributed by atoms with Gasteiger partial charge in [-0.15, -0.1) is 0 Å². The van der Waals surface area contributed by atoms with Gasteiger partial charge in [0.25, 0.3) is 0 Å². The highest BCUT2D eigenvalue weighted by Gasteiger charge is 1.99. The molecule has 17 heavy (non-hydrogen) atoms. The van der Waals surface area contributed by atoms with Crippen LogP contribution in [0.25, 0.3) is 0 Å². The van der Waals surface area contributed by atoms with Crippen LogP contribution in [0.5, 0.6) is 0 Å². The molecule has 0 radical (unpaired) electrons. The molecule has 1 heterocycles. The summed E-state index contributed by atoms with van der Waals surface area (Å²) in [6.45, 7) is 1.52. The lowest BCUT2D eigenvalue weighted by Crippen LogP contribution is -2.16. The third-order valence-electron chi connectivity index (χ3n) is 2.42. The second kappa shape index (κ2) is 6.15. The number of benzene rings is 1. The molecule has 2 aromatic rings.